The lowest BCUT2D eigenvalue weighted by Gasteiger charge is -2.10. The molecule has 0 saturated carbocycles. The zero-order valence-corrected chi connectivity index (χ0v) is 18.2. The fraction of sp³-hybridized carbons (Fsp3) is 0.316. The molecule has 1 aromatic carbocycles. The Morgan fingerprint density at radius 2 is 2.00 bits per heavy atom. The van der Waals surface area contributed by atoms with Crippen LogP contribution in [0.15, 0.2) is 34.9 Å². The van der Waals surface area contributed by atoms with E-state index in [-0.39, 0.29) is 23.5 Å². The normalized spacial score (nSPS) is 11.9. The first-order valence-electron chi connectivity index (χ1n) is 8.96. The fourth-order valence-electron chi connectivity index (χ4n) is 2.47. The summed E-state index contributed by atoms with van der Waals surface area (Å²) in [4.78, 5) is 28.7. The van der Waals surface area contributed by atoms with Gasteiger partial charge in [-0.15, -0.1) is 21.5 Å². The van der Waals surface area contributed by atoms with E-state index in [0.717, 1.165) is 11.3 Å². The summed E-state index contributed by atoms with van der Waals surface area (Å²) < 4.78 is 1.73. The lowest BCUT2D eigenvalue weighted by Crippen LogP contribution is -2.22. The van der Waals surface area contributed by atoms with Crippen LogP contribution in [0.25, 0.3) is 0 Å². The van der Waals surface area contributed by atoms with Gasteiger partial charge in [0.1, 0.15) is 5.82 Å². The highest BCUT2D eigenvalue weighted by Gasteiger charge is 2.20. The van der Waals surface area contributed by atoms with Gasteiger partial charge >= 0.3 is 0 Å². The number of anilines is 2. The summed E-state index contributed by atoms with van der Waals surface area (Å²) in [5, 5.41) is 16.4. The molecule has 0 spiro atoms. The zero-order valence-electron chi connectivity index (χ0n) is 16.6. The standard InChI is InChI=1S/C19H22N6O2S2/c1-11-5-6-14(9-12(11)2)21-16(26)10-15-23-24-19(25(15)4)29-13(3)17(27)22-18-20-7-8-28-18/h5-9,13H,10H2,1-4H3,(H,21,26)(H,20,22,27)/t13-/m0/s1. The highest BCUT2D eigenvalue weighted by atomic mass is 32.2. The van der Waals surface area contributed by atoms with Crippen molar-refractivity contribution in [1.82, 2.24) is 19.7 Å². The number of thioether (sulfide) groups is 1. The van der Waals surface area contributed by atoms with Crippen molar-refractivity contribution in [3.63, 3.8) is 0 Å². The summed E-state index contributed by atoms with van der Waals surface area (Å²) in [6.07, 6.45) is 1.73. The van der Waals surface area contributed by atoms with E-state index >= 15 is 0 Å². The molecule has 1 atom stereocenters. The van der Waals surface area contributed by atoms with Crippen molar-refractivity contribution in [2.45, 2.75) is 37.6 Å². The molecular formula is C19H22N6O2S2. The topological polar surface area (TPSA) is 102 Å². The van der Waals surface area contributed by atoms with Gasteiger partial charge in [-0.3, -0.25) is 9.59 Å². The summed E-state index contributed by atoms with van der Waals surface area (Å²) in [7, 11) is 1.78. The zero-order chi connectivity index (χ0) is 21.0. The fourth-order valence-corrected chi connectivity index (χ4v) is 3.84. The molecule has 0 bridgehead atoms. The van der Waals surface area contributed by atoms with E-state index in [1.807, 2.05) is 32.0 Å². The molecule has 2 aromatic heterocycles. The number of hydrogen-bond acceptors (Lipinski definition) is 7. The predicted molar refractivity (Wildman–Crippen MR) is 115 cm³/mol. The number of amides is 2. The molecule has 2 heterocycles. The van der Waals surface area contributed by atoms with Crippen molar-refractivity contribution < 1.29 is 9.59 Å². The third-order valence-electron chi connectivity index (χ3n) is 4.35. The number of benzene rings is 1. The second kappa shape index (κ2) is 9.19. The summed E-state index contributed by atoms with van der Waals surface area (Å²) in [5.41, 5.74) is 3.04. The number of carbonyl (C=O) groups excluding carboxylic acids is 2. The van der Waals surface area contributed by atoms with Crippen LogP contribution in [0, 0.1) is 13.8 Å². The molecular weight excluding hydrogens is 408 g/mol. The van der Waals surface area contributed by atoms with Crippen molar-refractivity contribution >= 4 is 45.7 Å². The highest BCUT2D eigenvalue weighted by Crippen LogP contribution is 2.23. The summed E-state index contributed by atoms with van der Waals surface area (Å²) in [6.45, 7) is 5.81. The number of nitrogens with zero attached hydrogens (tertiary/aromatic N) is 4. The van der Waals surface area contributed by atoms with E-state index in [1.54, 1.807) is 30.1 Å². The molecule has 0 saturated heterocycles. The van der Waals surface area contributed by atoms with Crippen molar-refractivity contribution in [3.8, 4) is 0 Å². The quantitative estimate of drug-likeness (QED) is 0.558. The summed E-state index contributed by atoms with van der Waals surface area (Å²) in [5.74, 6) is 0.193. The molecule has 0 aliphatic heterocycles. The Hall–Kier alpha value is -2.72. The molecule has 0 fully saturated rings. The minimum atomic E-state index is -0.390. The Balaban J connectivity index is 1.58. The lowest BCUT2D eigenvalue weighted by atomic mass is 10.1. The first-order valence-corrected chi connectivity index (χ1v) is 10.7. The number of aromatic nitrogens is 4. The second-order valence-corrected chi connectivity index (χ2v) is 8.77. The van der Waals surface area contributed by atoms with Gasteiger partial charge in [-0.1, -0.05) is 17.8 Å². The third kappa shape index (κ3) is 5.42. The van der Waals surface area contributed by atoms with Gasteiger partial charge in [0.05, 0.1) is 11.7 Å². The van der Waals surface area contributed by atoms with Crippen LogP contribution >= 0.6 is 23.1 Å². The second-order valence-electron chi connectivity index (χ2n) is 6.57. The van der Waals surface area contributed by atoms with Crippen LogP contribution in [0.4, 0.5) is 10.8 Å². The SMILES string of the molecule is Cc1ccc(NC(=O)Cc2nnc(S[C@@H](C)C(=O)Nc3nccs3)n2C)cc1C. The molecule has 8 nitrogen and oxygen atoms in total. The molecule has 29 heavy (non-hydrogen) atoms. The first kappa shape index (κ1) is 21.0. The van der Waals surface area contributed by atoms with Crippen molar-refractivity contribution in [3.05, 3.63) is 46.7 Å². The number of thiazole rings is 1. The van der Waals surface area contributed by atoms with Crippen LogP contribution in [0.2, 0.25) is 0 Å². The Labute approximate surface area is 177 Å². The van der Waals surface area contributed by atoms with Crippen LogP contribution in [0.5, 0.6) is 0 Å². The molecule has 3 rings (SSSR count). The van der Waals surface area contributed by atoms with Crippen molar-refractivity contribution in [1.29, 1.82) is 0 Å². The minimum Gasteiger partial charge on any atom is -0.326 e. The van der Waals surface area contributed by atoms with Crippen LogP contribution in [0.1, 0.15) is 23.9 Å². The van der Waals surface area contributed by atoms with Crippen molar-refractivity contribution in [2.24, 2.45) is 7.05 Å². The minimum absolute atomic E-state index is 0.0939. The van der Waals surface area contributed by atoms with E-state index in [0.29, 0.717) is 16.1 Å². The smallest absolute Gasteiger partial charge is 0.239 e. The van der Waals surface area contributed by atoms with Gasteiger partial charge in [0.25, 0.3) is 0 Å². The Morgan fingerprint density at radius 3 is 2.69 bits per heavy atom. The van der Waals surface area contributed by atoms with Gasteiger partial charge < -0.3 is 15.2 Å². The van der Waals surface area contributed by atoms with E-state index in [2.05, 4.69) is 25.8 Å². The van der Waals surface area contributed by atoms with Gasteiger partial charge in [-0.05, 0) is 44.0 Å². The van der Waals surface area contributed by atoms with Gasteiger partial charge in [0.2, 0.25) is 11.8 Å². The highest BCUT2D eigenvalue weighted by molar-refractivity contribution is 8.00. The van der Waals surface area contributed by atoms with E-state index < -0.39 is 0 Å². The number of hydrogen-bond donors (Lipinski definition) is 2. The van der Waals surface area contributed by atoms with Gasteiger partial charge in [-0.25, -0.2) is 4.98 Å². The Morgan fingerprint density at radius 1 is 1.21 bits per heavy atom. The maximum atomic E-state index is 12.4. The number of carbonyl (C=O) groups is 2. The predicted octanol–water partition coefficient (Wildman–Crippen LogP) is 3.19. The van der Waals surface area contributed by atoms with Gasteiger partial charge in [0.15, 0.2) is 10.3 Å². The maximum Gasteiger partial charge on any atom is 0.239 e. The molecule has 0 aliphatic rings. The van der Waals surface area contributed by atoms with Crippen molar-refractivity contribution in [2.75, 3.05) is 10.6 Å². The summed E-state index contributed by atoms with van der Waals surface area (Å²) >= 11 is 2.64. The van der Waals surface area contributed by atoms with E-state index in [4.69, 9.17) is 0 Å². The van der Waals surface area contributed by atoms with E-state index in [9.17, 15) is 9.59 Å². The van der Waals surface area contributed by atoms with Crippen LogP contribution in [0.3, 0.4) is 0 Å². The van der Waals surface area contributed by atoms with Crippen LogP contribution < -0.4 is 10.6 Å². The molecule has 10 heteroatoms. The number of aryl methyl sites for hydroxylation is 2. The average Bonchev–Trinajstić information content (AvgIpc) is 3.30. The van der Waals surface area contributed by atoms with E-state index in [1.165, 1.54) is 28.7 Å². The average molecular weight is 431 g/mol. The first-order chi connectivity index (χ1) is 13.8. The molecule has 2 amide bonds. The number of rotatable bonds is 7. The van der Waals surface area contributed by atoms with Gasteiger partial charge in [-0.2, -0.15) is 0 Å². The monoisotopic (exact) mass is 430 g/mol. The molecule has 2 N–H and O–H groups in total. The molecule has 152 valence electrons. The molecule has 0 aliphatic carbocycles. The van der Waals surface area contributed by atoms with Gasteiger partial charge in [0, 0.05) is 24.3 Å². The largest absolute Gasteiger partial charge is 0.326 e. The molecule has 0 radical (unpaired) electrons. The maximum absolute atomic E-state index is 12.4. The third-order valence-corrected chi connectivity index (χ3v) is 6.17. The Kier molecular flexibility index (Phi) is 6.65. The number of nitrogens with one attached hydrogen (secondary N) is 2. The lowest BCUT2D eigenvalue weighted by molar-refractivity contribution is -0.116. The Bertz CT molecular complexity index is 1020. The van der Waals surface area contributed by atoms with Crippen LogP contribution in [-0.2, 0) is 23.1 Å². The molecule has 3 aromatic rings. The molecule has 0 unspecified atom stereocenters. The van der Waals surface area contributed by atoms with Crippen LogP contribution in [-0.4, -0.2) is 36.8 Å². The summed E-state index contributed by atoms with van der Waals surface area (Å²) in [6, 6.07) is 5.79.